The van der Waals surface area contributed by atoms with Gasteiger partial charge in [0.05, 0.1) is 7.11 Å². The molecule has 0 saturated carbocycles. The summed E-state index contributed by atoms with van der Waals surface area (Å²) in [5.41, 5.74) is 13.9. The summed E-state index contributed by atoms with van der Waals surface area (Å²) in [7, 11) is 3.76. The van der Waals surface area contributed by atoms with Crippen molar-refractivity contribution in [2.24, 2.45) is 11.5 Å². The molecule has 0 amide bonds. The van der Waals surface area contributed by atoms with Gasteiger partial charge < -0.3 is 21.1 Å². The third kappa shape index (κ3) is 4.82. The quantitative estimate of drug-likeness (QED) is 0.785. The fourth-order valence-corrected chi connectivity index (χ4v) is 2.08. The fourth-order valence-electron chi connectivity index (χ4n) is 2.08. The number of hydrogen-bond donors (Lipinski definition) is 2. The number of rotatable bonds is 7. The van der Waals surface area contributed by atoms with Crippen molar-refractivity contribution in [1.29, 1.82) is 0 Å². The Morgan fingerprint density at radius 1 is 1.32 bits per heavy atom. The number of ether oxygens (including phenoxy) is 1. The Hall–Kier alpha value is -1.10. The topological polar surface area (TPSA) is 64.5 Å². The van der Waals surface area contributed by atoms with E-state index in [0.717, 1.165) is 18.8 Å². The molecule has 4 heteroatoms. The van der Waals surface area contributed by atoms with Crippen molar-refractivity contribution in [3.8, 4) is 5.75 Å². The highest BCUT2D eigenvalue weighted by molar-refractivity contribution is 5.38. The van der Waals surface area contributed by atoms with Crippen LogP contribution in [0.4, 0.5) is 0 Å². The van der Waals surface area contributed by atoms with E-state index in [4.69, 9.17) is 16.2 Å². The second kappa shape index (κ2) is 7.48. The number of nitrogens with zero attached hydrogens (tertiary/aromatic N) is 1. The molecule has 0 aliphatic carbocycles. The van der Waals surface area contributed by atoms with Crippen molar-refractivity contribution >= 4 is 0 Å². The summed E-state index contributed by atoms with van der Waals surface area (Å²) in [6, 6.07) is 6.44. The maximum absolute atomic E-state index is 5.86. The first-order chi connectivity index (χ1) is 8.97. The zero-order chi connectivity index (χ0) is 14.4. The van der Waals surface area contributed by atoms with Crippen molar-refractivity contribution in [2.75, 3.05) is 27.2 Å². The molecule has 1 aromatic carbocycles. The molecule has 0 heterocycles. The number of methoxy groups -OCH3 is 1. The molecule has 0 aromatic heterocycles. The molecule has 1 rings (SSSR count). The van der Waals surface area contributed by atoms with Crippen LogP contribution in [0.25, 0.3) is 0 Å². The lowest BCUT2D eigenvalue weighted by molar-refractivity contribution is 0.298. The molecule has 4 N–H and O–H groups in total. The Morgan fingerprint density at radius 3 is 2.53 bits per heavy atom. The van der Waals surface area contributed by atoms with Gasteiger partial charge in [-0.05, 0) is 24.6 Å². The van der Waals surface area contributed by atoms with Gasteiger partial charge in [-0.3, -0.25) is 0 Å². The smallest absolute Gasteiger partial charge is 0.123 e. The van der Waals surface area contributed by atoms with Gasteiger partial charge in [0.25, 0.3) is 0 Å². The molecular weight excluding hydrogens is 238 g/mol. The second-order valence-corrected chi connectivity index (χ2v) is 5.42. The third-order valence-corrected chi connectivity index (χ3v) is 3.27. The standard InChI is InChI=1S/C15H27N3O/c1-11(2)12-5-6-13(15(7-12)19-4)9-18(3)10-14(17)8-16/h5-7,11,14H,8-10,16-17H2,1-4H3. The molecule has 0 fully saturated rings. The maximum Gasteiger partial charge on any atom is 0.123 e. The number of nitrogens with two attached hydrogens (primary N) is 2. The predicted octanol–water partition coefficient (Wildman–Crippen LogP) is 1.54. The molecule has 4 nitrogen and oxygen atoms in total. The molecule has 0 saturated heterocycles. The second-order valence-electron chi connectivity index (χ2n) is 5.42. The van der Waals surface area contributed by atoms with E-state index in [2.05, 4.69) is 36.9 Å². The van der Waals surface area contributed by atoms with E-state index in [-0.39, 0.29) is 6.04 Å². The van der Waals surface area contributed by atoms with E-state index < -0.39 is 0 Å². The number of benzene rings is 1. The van der Waals surface area contributed by atoms with Gasteiger partial charge in [-0.15, -0.1) is 0 Å². The van der Waals surface area contributed by atoms with Crippen LogP contribution in [0.3, 0.4) is 0 Å². The Bertz CT molecular complexity index is 393. The van der Waals surface area contributed by atoms with E-state index in [1.807, 2.05) is 7.05 Å². The van der Waals surface area contributed by atoms with Gasteiger partial charge in [-0.2, -0.15) is 0 Å². The van der Waals surface area contributed by atoms with E-state index in [1.54, 1.807) is 7.11 Å². The highest BCUT2D eigenvalue weighted by Gasteiger charge is 2.11. The Labute approximate surface area is 116 Å². The van der Waals surface area contributed by atoms with E-state index >= 15 is 0 Å². The first kappa shape index (κ1) is 16.0. The van der Waals surface area contributed by atoms with Gasteiger partial charge in [-0.1, -0.05) is 26.0 Å². The summed E-state index contributed by atoms with van der Waals surface area (Å²) < 4.78 is 5.49. The van der Waals surface area contributed by atoms with Gasteiger partial charge in [0.15, 0.2) is 0 Å². The van der Waals surface area contributed by atoms with Crippen LogP contribution in [-0.4, -0.2) is 38.2 Å². The average molecular weight is 265 g/mol. The third-order valence-electron chi connectivity index (χ3n) is 3.27. The Kier molecular flexibility index (Phi) is 6.28. The molecular formula is C15H27N3O. The van der Waals surface area contributed by atoms with Gasteiger partial charge in [0, 0.05) is 31.2 Å². The van der Waals surface area contributed by atoms with Crippen LogP contribution in [0.1, 0.15) is 30.9 Å². The van der Waals surface area contributed by atoms with Crippen LogP contribution in [0.2, 0.25) is 0 Å². The van der Waals surface area contributed by atoms with Crippen molar-refractivity contribution < 1.29 is 4.74 Å². The average Bonchev–Trinajstić information content (AvgIpc) is 2.38. The molecule has 1 aromatic rings. The summed E-state index contributed by atoms with van der Waals surface area (Å²) >= 11 is 0. The van der Waals surface area contributed by atoms with Crippen LogP contribution in [0.15, 0.2) is 18.2 Å². The van der Waals surface area contributed by atoms with Crippen LogP contribution in [0, 0.1) is 0 Å². The molecule has 108 valence electrons. The Balaban J connectivity index is 2.77. The normalized spacial score (nSPS) is 13.1. The summed E-state index contributed by atoms with van der Waals surface area (Å²) in [5, 5.41) is 0. The molecule has 1 atom stereocenters. The lowest BCUT2D eigenvalue weighted by Gasteiger charge is -2.22. The van der Waals surface area contributed by atoms with Crippen LogP contribution >= 0.6 is 0 Å². The summed E-state index contributed by atoms with van der Waals surface area (Å²) in [6.07, 6.45) is 0. The van der Waals surface area contributed by atoms with Crippen molar-refractivity contribution in [3.05, 3.63) is 29.3 Å². The Morgan fingerprint density at radius 2 is 2.00 bits per heavy atom. The van der Waals surface area contributed by atoms with E-state index in [9.17, 15) is 0 Å². The zero-order valence-electron chi connectivity index (χ0n) is 12.5. The molecule has 0 aliphatic rings. The van der Waals surface area contributed by atoms with Gasteiger partial charge in [0.2, 0.25) is 0 Å². The molecule has 0 bridgehead atoms. The minimum atomic E-state index is 0.0194. The van der Waals surface area contributed by atoms with Crippen molar-refractivity contribution in [2.45, 2.75) is 32.4 Å². The van der Waals surface area contributed by atoms with Crippen molar-refractivity contribution in [1.82, 2.24) is 4.90 Å². The maximum atomic E-state index is 5.86. The summed E-state index contributed by atoms with van der Waals surface area (Å²) in [5.74, 6) is 1.45. The summed E-state index contributed by atoms with van der Waals surface area (Å²) in [4.78, 5) is 2.17. The van der Waals surface area contributed by atoms with E-state index in [0.29, 0.717) is 12.5 Å². The minimum Gasteiger partial charge on any atom is -0.496 e. The minimum absolute atomic E-state index is 0.0194. The largest absolute Gasteiger partial charge is 0.496 e. The highest BCUT2D eigenvalue weighted by Crippen LogP contribution is 2.25. The molecule has 19 heavy (non-hydrogen) atoms. The van der Waals surface area contributed by atoms with Gasteiger partial charge >= 0.3 is 0 Å². The van der Waals surface area contributed by atoms with Gasteiger partial charge in [0.1, 0.15) is 5.75 Å². The molecule has 1 unspecified atom stereocenters. The summed E-state index contributed by atoms with van der Waals surface area (Å²) in [6.45, 7) is 6.47. The number of hydrogen-bond acceptors (Lipinski definition) is 4. The fraction of sp³-hybridized carbons (Fsp3) is 0.600. The van der Waals surface area contributed by atoms with Gasteiger partial charge in [-0.25, -0.2) is 0 Å². The van der Waals surface area contributed by atoms with Crippen molar-refractivity contribution in [3.63, 3.8) is 0 Å². The first-order valence-electron chi connectivity index (χ1n) is 6.79. The predicted molar refractivity (Wildman–Crippen MR) is 80.4 cm³/mol. The first-order valence-corrected chi connectivity index (χ1v) is 6.79. The lowest BCUT2D eigenvalue weighted by Crippen LogP contribution is -2.40. The van der Waals surface area contributed by atoms with Crippen LogP contribution in [-0.2, 0) is 6.54 Å². The van der Waals surface area contributed by atoms with Crippen LogP contribution in [0.5, 0.6) is 5.75 Å². The van der Waals surface area contributed by atoms with Crippen LogP contribution < -0.4 is 16.2 Å². The number of likely N-dealkylation sites (N-methyl/N-ethyl adjacent to an activating group) is 1. The zero-order valence-corrected chi connectivity index (χ0v) is 12.5. The van der Waals surface area contributed by atoms with E-state index in [1.165, 1.54) is 11.1 Å². The monoisotopic (exact) mass is 265 g/mol. The lowest BCUT2D eigenvalue weighted by atomic mass is 10.0. The SMILES string of the molecule is COc1cc(C(C)C)ccc1CN(C)CC(N)CN. The highest BCUT2D eigenvalue weighted by atomic mass is 16.5. The molecule has 0 radical (unpaired) electrons. The molecule has 0 aliphatic heterocycles. The molecule has 0 spiro atoms.